The summed E-state index contributed by atoms with van der Waals surface area (Å²) in [6.07, 6.45) is 0.544. The molecule has 2 unspecified atom stereocenters. The molecule has 0 bridgehead atoms. The molecule has 4 rings (SSSR count). The van der Waals surface area contributed by atoms with Gasteiger partial charge in [-0.2, -0.15) is 0 Å². The summed E-state index contributed by atoms with van der Waals surface area (Å²) in [5, 5.41) is 11.8. The molecule has 2 N–H and O–H groups in total. The highest BCUT2D eigenvalue weighted by atomic mass is 16.5. The van der Waals surface area contributed by atoms with Gasteiger partial charge in [0, 0.05) is 19.0 Å². The molecule has 1 fully saturated rings. The largest absolute Gasteiger partial charge is 0.481 e. The third-order valence-corrected chi connectivity index (χ3v) is 6.13. The average molecular weight is 422 g/mol. The van der Waals surface area contributed by atoms with Crippen molar-refractivity contribution in [1.82, 2.24) is 10.2 Å². The Morgan fingerprint density at radius 1 is 1.10 bits per heavy atom. The smallest absolute Gasteiger partial charge is 0.407 e. The molecule has 162 valence electrons. The SMILES string of the molecule is CC(NC(=O)OCC1c2ccccc2-c2ccccc21)C(=O)N1CCCC(C(=O)O)C1. The van der Waals surface area contributed by atoms with Crippen LogP contribution in [0.1, 0.15) is 36.8 Å². The molecule has 2 aromatic carbocycles. The zero-order valence-corrected chi connectivity index (χ0v) is 17.4. The summed E-state index contributed by atoms with van der Waals surface area (Å²) in [4.78, 5) is 37.8. The van der Waals surface area contributed by atoms with Crippen LogP contribution in [0.5, 0.6) is 0 Å². The number of carbonyl (C=O) groups is 3. The van der Waals surface area contributed by atoms with Gasteiger partial charge in [0.05, 0.1) is 5.92 Å². The molecule has 0 aromatic heterocycles. The van der Waals surface area contributed by atoms with Crippen molar-refractivity contribution in [1.29, 1.82) is 0 Å². The van der Waals surface area contributed by atoms with Gasteiger partial charge in [-0.3, -0.25) is 9.59 Å². The Kier molecular flexibility index (Phi) is 5.93. The number of aliphatic carboxylic acids is 1. The first-order chi connectivity index (χ1) is 15.0. The van der Waals surface area contributed by atoms with Crippen LogP contribution in [-0.2, 0) is 14.3 Å². The highest BCUT2D eigenvalue weighted by Gasteiger charge is 2.32. The summed E-state index contributed by atoms with van der Waals surface area (Å²) in [7, 11) is 0. The zero-order chi connectivity index (χ0) is 22.0. The zero-order valence-electron chi connectivity index (χ0n) is 17.4. The first kappa shape index (κ1) is 20.9. The van der Waals surface area contributed by atoms with Gasteiger partial charge < -0.3 is 20.1 Å². The van der Waals surface area contributed by atoms with Crippen LogP contribution in [0.25, 0.3) is 11.1 Å². The molecule has 2 aliphatic rings. The number of benzene rings is 2. The Hall–Kier alpha value is -3.35. The van der Waals surface area contributed by atoms with E-state index >= 15 is 0 Å². The van der Waals surface area contributed by atoms with E-state index in [9.17, 15) is 19.5 Å². The van der Waals surface area contributed by atoms with E-state index in [2.05, 4.69) is 17.4 Å². The highest BCUT2D eigenvalue weighted by Crippen LogP contribution is 2.44. The van der Waals surface area contributed by atoms with E-state index in [1.165, 1.54) is 4.90 Å². The fourth-order valence-corrected chi connectivity index (χ4v) is 4.53. The topological polar surface area (TPSA) is 95.9 Å². The van der Waals surface area contributed by atoms with Crippen LogP contribution in [0, 0.1) is 5.92 Å². The fraction of sp³-hybridized carbons (Fsp3) is 0.375. The van der Waals surface area contributed by atoms with E-state index in [0.29, 0.717) is 19.4 Å². The molecule has 0 spiro atoms. The van der Waals surface area contributed by atoms with Gasteiger partial charge >= 0.3 is 12.1 Å². The minimum absolute atomic E-state index is 0.0532. The first-order valence-electron chi connectivity index (χ1n) is 10.6. The summed E-state index contributed by atoms with van der Waals surface area (Å²) in [5.41, 5.74) is 4.53. The number of amides is 2. The Morgan fingerprint density at radius 2 is 1.71 bits per heavy atom. The number of hydrogen-bond acceptors (Lipinski definition) is 4. The van der Waals surface area contributed by atoms with E-state index in [-0.39, 0.29) is 25.0 Å². The minimum atomic E-state index is -0.894. The second kappa shape index (κ2) is 8.79. The molecule has 0 saturated carbocycles. The fourth-order valence-electron chi connectivity index (χ4n) is 4.53. The molecular weight excluding hydrogens is 396 g/mol. The number of fused-ring (bicyclic) bond motifs is 3. The summed E-state index contributed by atoms with van der Waals surface area (Å²) in [6.45, 7) is 2.43. The van der Waals surface area contributed by atoms with Crippen molar-refractivity contribution in [3.63, 3.8) is 0 Å². The van der Waals surface area contributed by atoms with Gasteiger partial charge in [0.15, 0.2) is 0 Å². The van der Waals surface area contributed by atoms with Gasteiger partial charge in [0.2, 0.25) is 5.91 Å². The summed E-state index contributed by atoms with van der Waals surface area (Å²) in [6, 6.07) is 15.4. The number of rotatable bonds is 5. The third-order valence-electron chi connectivity index (χ3n) is 6.13. The van der Waals surface area contributed by atoms with Crippen molar-refractivity contribution in [2.45, 2.75) is 31.7 Å². The minimum Gasteiger partial charge on any atom is -0.481 e. The lowest BCUT2D eigenvalue weighted by Gasteiger charge is -2.32. The van der Waals surface area contributed by atoms with Gasteiger partial charge in [-0.15, -0.1) is 0 Å². The lowest BCUT2D eigenvalue weighted by atomic mass is 9.98. The Bertz CT molecular complexity index is 959. The summed E-state index contributed by atoms with van der Waals surface area (Å²) in [5.74, 6) is -1.80. The van der Waals surface area contributed by atoms with Crippen molar-refractivity contribution in [2.24, 2.45) is 5.92 Å². The van der Waals surface area contributed by atoms with Crippen molar-refractivity contribution in [2.75, 3.05) is 19.7 Å². The quantitative estimate of drug-likeness (QED) is 0.771. The number of carboxylic acids is 1. The van der Waals surface area contributed by atoms with Crippen LogP contribution in [0.4, 0.5) is 4.79 Å². The van der Waals surface area contributed by atoms with Gasteiger partial charge in [0.1, 0.15) is 12.6 Å². The molecule has 2 aromatic rings. The Balaban J connectivity index is 1.35. The van der Waals surface area contributed by atoms with Crippen LogP contribution >= 0.6 is 0 Å². The molecule has 1 heterocycles. The number of likely N-dealkylation sites (tertiary alicyclic amines) is 1. The van der Waals surface area contributed by atoms with Gasteiger partial charge in [-0.1, -0.05) is 48.5 Å². The number of carboxylic acid groups (broad SMARTS) is 1. The normalized spacial score (nSPS) is 18.6. The van der Waals surface area contributed by atoms with Gasteiger partial charge in [-0.25, -0.2) is 4.79 Å². The van der Waals surface area contributed by atoms with Crippen molar-refractivity contribution >= 4 is 18.0 Å². The maximum Gasteiger partial charge on any atom is 0.407 e. The van der Waals surface area contributed by atoms with E-state index in [0.717, 1.165) is 22.3 Å². The maximum absolute atomic E-state index is 12.7. The number of hydrogen-bond donors (Lipinski definition) is 2. The number of carbonyl (C=O) groups excluding carboxylic acids is 2. The molecule has 1 saturated heterocycles. The number of ether oxygens (including phenoxy) is 1. The highest BCUT2D eigenvalue weighted by molar-refractivity contribution is 5.86. The monoisotopic (exact) mass is 422 g/mol. The molecule has 1 aliphatic heterocycles. The molecule has 0 radical (unpaired) electrons. The second-order valence-electron chi connectivity index (χ2n) is 8.15. The lowest BCUT2D eigenvalue weighted by molar-refractivity contribution is -0.146. The van der Waals surface area contributed by atoms with Gasteiger partial charge in [0.25, 0.3) is 0 Å². The molecule has 7 heteroatoms. The van der Waals surface area contributed by atoms with Crippen LogP contribution in [0.2, 0.25) is 0 Å². The Morgan fingerprint density at radius 3 is 2.32 bits per heavy atom. The predicted octanol–water partition coefficient (Wildman–Crippen LogP) is 3.24. The predicted molar refractivity (Wildman–Crippen MR) is 115 cm³/mol. The van der Waals surface area contributed by atoms with Crippen molar-refractivity contribution < 1.29 is 24.2 Å². The van der Waals surface area contributed by atoms with Crippen LogP contribution in [0.3, 0.4) is 0 Å². The van der Waals surface area contributed by atoms with E-state index in [1.54, 1.807) is 6.92 Å². The average Bonchev–Trinajstić information content (AvgIpc) is 3.11. The van der Waals surface area contributed by atoms with Crippen LogP contribution in [0.15, 0.2) is 48.5 Å². The molecular formula is C24H26N2O5. The maximum atomic E-state index is 12.7. The Labute approximate surface area is 181 Å². The van der Waals surface area contributed by atoms with Crippen molar-refractivity contribution in [3.05, 3.63) is 59.7 Å². The van der Waals surface area contributed by atoms with Crippen LogP contribution in [-0.4, -0.2) is 53.7 Å². The number of nitrogens with one attached hydrogen (secondary N) is 1. The third kappa shape index (κ3) is 4.26. The standard InChI is InChI=1S/C24H26N2O5/c1-15(22(27)26-12-6-7-16(13-26)23(28)29)25-24(30)31-14-21-19-10-4-2-8-17(19)18-9-3-5-11-20(18)21/h2-5,8-11,15-16,21H,6-7,12-14H2,1H3,(H,25,30)(H,28,29). The lowest BCUT2D eigenvalue weighted by Crippen LogP contribution is -2.51. The van der Waals surface area contributed by atoms with E-state index < -0.39 is 24.0 Å². The first-order valence-corrected chi connectivity index (χ1v) is 10.6. The number of piperidine rings is 1. The summed E-state index contributed by atoms with van der Waals surface area (Å²) < 4.78 is 5.49. The molecule has 2 amide bonds. The molecule has 7 nitrogen and oxygen atoms in total. The number of nitrogens with zero attached hydrogens (tertiary/aromatic N) is 1. The molecule has 2 atom stereocenters. The number of alkyl carbamates (subject to hydrolysis) is 1. The summed E-state index contributed by atoms with van der Waals surface area (Å²) >= 11 is 0. The molecule has 31 heavy (non-hydrogen) atoms. The van der Waals surface area contributed by atoms with Crippen LogP contribution < -0.4 is 5.32 Å². The molecule has 1 aliphatic carbocycles. The second-order valence-corrected chi connectivity index (χ2v) is 8.15. The van der Waals surface area contributed by atoms with Crippen molar-refractivity contribution in [3.8, 4) is 11.1 Å². The van der Waals surface area contributed by atoms with E-state index in [4.69, 9.17) is 4.74 Å². The van der Waals surface area contributed by atoms with Gasteiger partial charge in [-0.05, 0) is 42.0 Å². The van der Waals surface area contributed by atoms with E-state index in [1.807, 2.05) is 36.4 Å².